The molecule has 0 fully saturated rings. The summed E-state index contributed by atoms with van der Waals surface area (Å²) in [5.74, 6) is -0.813. The van der Waals surface area contributed by atoms with E-state index in [-0.39, 0.29) is 0 Å². The maximum Gasteiger partial charge on any atom is 0.340 e. The fraction of sp³-hybridized carbons (Fsp3) is 0.857. The van der Waals surface area contributed by atoms with Crippen LogP contribution in [0.5, 0.6) is 0 Å². The second-order valence-corrected chi connectivity index (χ2v) is 2.56. The Labute approximate surface area is 65.8 Å². The SMILES string of the molecule is CC[C@H](O)[C@](C)(O)C(=O)OC. The molecule has 0 bridgehead atoms. The maximum absolute atomic E-state index is 10.8. The van der Waals surface area contributed by atoms with Gasteiger partial charge in [0.05, 0.1) is 13.2 Å². The monoisotopic (exact) mass is 162 g/mol. The molecule has 11 heavy (non-hydrogen) atoms. The van der Waals surface area contributed by atoms with Crippen molar-refractivity contribution in [1.82, 2.24) is 0 Å². The van der Waals surface area contributed by atoms with E-state index in [1.54, 1.807) is 6.92 Å². The smallest absolute Gasteiger partial charge is 0.340 e. The van der Waals surface area contributed by atoms with Gasteiger partial charge in [0.25, 0.3) is 0 Å². The Morgan fingerprint density at radius 1 is 1.73 bits per heavy atom. The van der Waals surface area contributed by atoms with E-state index in [1.807, 2.05) is 0 Å². The molecule has 0 amide bonds. The molecule has 0 saturated heterocycles. The van der Waals surface area contributed by atoms with Gasteiger partial charge in [0.1, 0.15) is 0 Å². The Balaban J connectivity index is 4.31. The summed E-state index contributed by atoms with van der Waals surface area (Å²) in [5, 5.41) is 18.5. The van der Waals surface area contributed by atoms with Gasteiger partial charge in [-0.3, -0.25) is 0 Å². The third-order valence-electron chi connectivity index (χ3n) is 1.63. The average Bonchev–Trinajstić information content (AvgIpc) is 2.01. The Hall–Kier alpha value is -0.610. The molecule has 2 atom stereocenters. The number of rotatable bonds is 3. The minimum absolute atomic E-state index is 0.308. The van der Waals surface area contributed by atoms with Gasteiger partial charge in [0.2, 0.25) is 0 Å². The van der Waals surface area contributed by atoms with E-state index < -0.39 is 17.7 Å². The highest BCUT2D eigenvalue weighted by Gasteiger charge is 2.38. The van der Waals surface area contributed by atoms with Crippen molar-refractivity contribution in [3.63, 3.8) is 0 Å². The lowest BCUT2D eigenvalue weighted by atomic mass is 9.97. The molecule has 0 aromatic rings. The molecule has 0 heterocycles. The molecule has 0 unspecified atom stereocenters. The summed E-state index contributed by atoms with van der Waals surface area (Å²) in [6.45, 7) is 2.90. The van der Waals surface area contributed by atoms with Crippen molar-refractivity contribution < 1.29 is 19.7 Å². The first kappa shape index (κ1) is 10.4. The molecule has 0 aromatic heterocycles. The van der Waals surface area contributed by atoms with Gasteiger partial charge in [-0.15, -0.1) is 0 Å². The van der Waals surface area contributed by atoms with Crippen molar-refractivity contribution in [3.8, 4) is 0 Å². The third-order valence-corrected chi connectivity index (χ3v) is 1.63. The largest absolute Gasteiger partial charge is 0.467 e. The number of carbonyl (C=O) groups excluding carboxylic acids is 1. The summed E-state index contributed by atoms with van der Waals surface area (Å²) in [6, 6.07) is 0. The summed E-state index contributed by atoms with van der Waals surface area (Å²) in [7, 11) is 1.17. The normalized spacial score (nSPS) is 18.6. The topological polar surface area (TPSA) is 66.8 Å². The van der Waals surface area contributed by atoms with Crippen LogP contribution >= 0.6 is 0 Å². The Bertz CT molecular complexity index is 141. The number of methoxy groups -OCH3 is 1. The summed E-state index contributed by atoms with van der Waals surface area (Å²) in [4.78, 5) is 10.8. The van der Waals surface area contributed by atoms with Crippen LogP contribution in [0.1, 0.15) is 20.3 Å². The quantitative estimate of drug-likeness (QED) is 0.558. The summed E-state index contributed by atoms with van der Waals surface area (Å²) < 4.78 is 4.29. The van der Waals surface area contributed by atoms with Gasteiger partial charge in [-0.2, -0.15) is 0 Å². The van der Waals surface area contributed by atoms with Crippen molar-refractivity contribution in [2.75, 3.05) is 7.11 Å². The zero-order valence-electron chi connectivity index (χ0n) is 7.00. The highest BCUT2D eigenvalue weighted by Crippen LogP contribution is 2.14. The first-order valence-electron chi connectivity index (χ1n) is 3.45. The molecule has 0 radical (unpaired) electrons. The van der Waals surface area contributed by atoms with Gasteiger partial charge >= 0.3 is 5.97 Å². The summed E-state index contributed by atoms with van der Waals surface area (Å²) >= 11 is 0. The number of esters is 1. The predicted octanol–water partition coefficient (Wildman–Crippen LogP) is -0.319. The van der Waals surface area contributed by atoms with Gasteiger partial charge in [-0.25, -0.2) is 4.79 Å². The van der Waals surface area contributed by atoms with Crippen molar-refractivity contribution >= 4 is 5.97 Å². The standard InChI is InChI=1S/C7H14O4/c1-4-5(8)7(2,10)6(9)11-3/h5,8,10H,4H2,1-3H3/t5-,7-/m0/s1. The molecular weight excluding hydrogens is 148 g/mol. The van der Waals surface area contributed by atoms with Crippen LogP contribution in [0.2, 0.25) is 0 Å². The van der Waals surface area contributed by atoms with E-state index in [1.165, 1.54) is 14.0 Å². The molecule has 4 heteroatoms. The van der Waals surface area contributed by atoms with Crippen LogP contribution < -0.4 is 0 Å². The Morgan fingerprint density at radius 2 is 2.18 bits per heavy atom. The zero-order chi connectivity index (χ0) is 9.07. The molecule has 0 aliphatic carbocycles. The van der Waals surface area contributed by atoms with Crippen LogP contribution in [0.15, 0.2) is 0 Å². The fourth-order valence-corrected chi connectivity index (χ4v) is 0.740. The maximum atomic E-state index is 10.8. The molecule has 4 nitrogen and oxygen atoms in total. The number of aliphatic hydroxyl groups is 2. The number of aliphatic hydroxyl groups excluding tert-OH is 1. The highest BCUT2D eigenvalue weighted by molar-refractivity contribution is 5.79. The molecule has 0 aliphatic rings. The lowest BCUT2D eigenvalue weighted by molar-refractivity contribution is -0.172. The van der Waals surface area contributed by atoms with E-state index in [0.29, 0.717) is 6.42 Å². The number of ether oxygens (including phenoxy) is 1. The summed E-state index contributed by atoms with van der Waals surface area (Å²) in [6.07, 6.45) is -0.766. The minimum Gasteiger partial charge on any atom is -0.467 e. The molecule has 2 N–H and O–H groups in total. The molecule has 0 aromatic carbocycles. The van der Waals surface area contributed by atoms with E-state index >= 15 is 0 Å². The van der Waals surface area contributed by atoms with Crippen LogP contribution in [0.25, 0.3) is 0 Å². The molecule has 0 aliphatic heterocycles. The van der Waals surface area contributed by atoms with Crippen LogP contribution in [-0.4, -0.2) is 35.0 Å². The van der Waals surface area contributed by atoms with Crippen LogP contribution in [0, 0.1) is 0 Å². The average molecular weight is 162 g/mol. The van der Waals surface area contributed by atoms with Crippen molar-refractivity contribution in [1.29, 1.82) is 0 Å². The van der Waals surface area contributed by atoms with Crippen molar-refractivity contribution in [2.24, 2.45) is 0 Å². The fourth-order valence-electron chi connectivity index (χ4n) is 0.740. The molecule has 0 rings (SSSR count). The second kappa shape index (κ2) is 3.69. The lowest BCUT2D eigenvalue weighted by Gasteiger charge is -2.24. The Morgan fingerprint density at radius 3 is 2.45 bits per heavy atom. The molecule has 0 spiro atoms. The molecule has 0 saturated carbocycles. The van der Waals surface area contributed by atoms with Crippen LogP contribution in [-0.2, 0) is 9.53 Å². The lowest BCUT2D eigenvalue weighted by Crippen LogP contribution is -2.47. The van der Waals surface area contributed by atoms with Gasteiger partial charge in [-0.1, -0.05) is 6.92 Å². The van der Waals surface area contributed by atoms with E-state index in [9.17, 15) is 9.90 Å². The molecule has 66 valence electrons. The first-order chi connectivity index (χ1) is 4.96. The summed E-state index contributed by atoms with van der Waals surface area (Å²) in [5.41, 5.74) is -1.79. The second-order valence-electron chi connectivity index (χ2n) is 2.56. The van der Waals surface area contributed by atoms with Crippen molar-refractivity contribution in [3.05, 3.63) is 0 Å². The number of carbonyl (C=O) groups is 1. The van der Waals surface area contributed by atoms with E-state index in [0.717, 1.165) is 0 Å². The first-order valence-corrected chi connectivity index (χ1v) is 3.45. The van der Waals surface area contributed by atoms with E-state index in [4.69, 9.17) is 5.11 Å². The van der Waals surface area contributed by atoms with Gasteiger partial charge in [-0.05, 0) is 13.3 Å². The zero-order valence-corrected chi connectivity index (χ0v) is 7.00. The Kier molecular flexibility index (Phi) is 3.48. The predicted molar refractivity (Wildman–Crippen MR) is 38.9 cm³/mol. The van der Waals surface area contributed by atoms with Gasteiger partial charge < -0.3 is 14.9 Å². The minimum atomic E-state index is -1.79. The third kappa shape index (κ3) is 2.17. The van der Waals surface area contributed by atoms with E-state index in [2.05, 4.69) is 4.74 Å². The van der Waals surface area contributed by atoms with Gasteiger partial charge in [0, 0.05) is 0 Å². The van der Waals surface area contributed by atoms with Gasteiger partial charge in [0.15, 0.2) is 5.60 Å². The van der Waals surface area contributed by atoms with Crippen LogP contribution in [0.3, 0.4) is 0 Å². The molecular formula is C7H14O4. The van der Waals surface area contributed by atoms with Crippen molar-refractivity contribution in [2.45, 2.75) is 32.0 Å². The number of hydrogen-bond donors (Lipinski definition) is 2. The van der Waals surface area contributed by atoms with Crippen LogP contribution in [0.4, 0.5) is 0 Å². The number of hydrogen-bond acceptors (Lipinski definition) is 4. The highest BCUT2D eigenvalue weighted by atomic mass is 16.5.